The minimum atomic E-state index is -2.58. The van der Waals surface area contributed by atoms with Crippen molar-refractivity contribution in [2.45, 2.75) is 75.7 Å². The molecule has 0 bridgehead atoms. The van der Waals surface area contributed by atoms with E-state index in [0.717, 1.165) is 5.69 Å². The minimum Gasteiger partial charge on any atom is -0.465 e. The number of pyridine rings is 2. The molecule has 0 radical (unpaired) electrons. The highest BCUT2D eigenvalue weighted by molar-refractivity contribution is 5.87. The lowest BCUT2D eigenvalue weighted by atomic mass is 9.79. The van der Waals surface area contributed by atoms with Gasteiger partial charge in [0.05, 0.1) is 23.8 Å². The molecular weight excluding hydrogens is 440 g/mol. The molecule has 0 atom stereocenters. The second-order valence-corrected chi connectivity index (χ2v) is 9.67. The number of hydrogen-bond acceptors (Lipinski definition) is 4. The Morgan fingerprint density at radius 3 is 1.70 bits per heavy atom. The number of hydrogen-bond donors (Lipinski definition) is 2. The summed E-state index contributed by atoms with van der Waals surface area (Å²) >= 11 is 0. The van der Waals surface area contributed by atoms with Gasteiger partial charge in [0, 0.05) is 54.4 Å². The molecule has 2 aliphatic carbocycles. The van der Waals surface area contributed by atoms with Gasteiger partial charge in [0.25, 0.3) is 0 Å². The van der Waals surface area contributed by atoms with E-state index in [-0.39, 0.29) is 37.5 Å². The highest BCUT2D eigenvalue weighted by Crippen LogP contribution is 2.48. The van der Waals surface area contributed by atoms with Gasteiger partial charge in [-0.3, -0.25) is 14.9 Å². The van der Waals surface area contributed by atoms with Gasteiger partial charge in [-0.05, 0) is 45.0 Å². The van der Waals surface area contributed by atoms with Gasteiger partial charge >= 0.3 is 6.09 Å². The number of carbonyl (C=O) groups is 1. The second kappa shape index (κ2) is 8.79. The maximum atomic E-state index is 12.8. The van der Waals surface area contributed by atoms with Crippen molar-refractivity contribution in [3.05, 3.63) is 48.0 Å². The molecule has 3 N–H and O–H groups in total. The topological polar surface area (TPSA) is 92.3 Å². The van der Waals surface area contributed by atoms with E-state index in [1.165, 1.54) is 17.3 Å². The normalized spacial score (nSPS) is 19.5. The third-order valence-electron chi connectivity index (χ3n) is 5.72. The first kappa shape index (κ1) is 24.7. The number of aromatic nitrogens is 2. The quantitative estimate of drug-likeness (QED) is 0.535. The Morgan fingerprint density at radius 2 is 1.39 bits per heavy atom. The first-order valence-corrected chi connectivity index (χ1v) is 10.6. The van der Waals surface area contributed by atoms with Crippen LogP contribution >= 0.6 is 0 Å². The van der Waals surface area contributed by atoms with Crippen LogP contribution in [-0.4, -0.2) is 38.6 Å². The van der Waals surface area contributed by atoms with Crippen LogP contribution in [0, 0.1) is 0 Å². The van der Waals surface area contributed by atoms with Crippen LogP contribution in [0.3, 0.4) is 0 Å². The van der Waals surface area contributed by atoms with E-state index in [1.54, 1.807) is 45.0 Å². The predicted molar refractivity (Wildman–Crippen MR) is 117 cm³/mol. The van der Waals surface area contributed by atoms with Gasteiger partial charge in [0.15, 0.2) is 0 Å². The molecule has 1 amide bonds. The molecular formula is C23H28F4N4O2. The maximum Gasteiger partial charge on any atom is 0.412 e. The van der Waals surface area contributed by atoms with E-state index in [4.69, 9.17) is 5.73 Å². The van der Waals surface area contributed by atoms with Crippen LogP contribution in [0.25, 0.3) is 0 Å². The van der Waals surface area contributed by atoms with Crippen molar-refractivity contribution in [2.75, 3.05) is 10.6 Å². The molecule has 0 saturated heterocycles. The van der Waals surface area contributed by atoms with Gasteiger partial charge < -0.3 is 10.8 Å². The fourth-order valence-corrected chi connectivity index (χ4v) is 3.95. The molecule has 2 saturated carbocycles. The van der Waals surface area contributed by atoms with Gasteiger partial charge in [-0.2, -0.15) is 0 Å². The number of alkyl halides is 4. The maximum absolute atomic E-state index is 12.8. The molecule has 2 fully saturated rings. The SMILES string of the molecule is CC(C)(C)N(C(=O)O)c1ccc(C2CC(F)(F)C2)nc1.Nc1ccc(C2CC(F)(F)C2)nc1. The highest BCUT2D eigenvalue weighted by atomic mass is 19.3. The summed E-state index contributed by atoms with van der Waals surface area (Å²) in [6, 6.07) is 6.67. The largest absolute Gasteiger partial charge is 0.465 e. The van der Waals surface area contributed by atoms with E-state index in [9.17, 15) is 27.5 Å². The number of halogens is 4. The number of anilines is 2. The number of carboxylic acid groups (broad SMARTS) is 1. The summed E-state index contributed by atoms with van der Waals surface area (Å²) in [7, 11) is 0. The van der Waals surface area contributed by atoms with Crippen molar-refractivity contribution in [1.82, 2.24) is 9.97 Å². The average Bonchev–Trinajstić information content (AvgIpc) is 2.64. The summed E-state index contributed by atoms with van der Waals surface area (Å²) in [5, 5.41) is 9.27. The van der Waals surface area contributed by atoms with Gasteiger partial charge in [-0.1, -0.05) is 0 Å². The lowest BCUT2D eigenvalue weighted by Crippen LogP contribution is -2.45. The molecule has 2 aliphatic rings. The molecule has 4 rings (SSSR count). The smallest absolute Gasteiger partial charge is 0.412 e. The average molecular weight is 468 g/mol. The molecule has 0 spiro atoms. The molecule has 6 nitrogen and oxygen atoms in total. The lowest BCUT2D eigenvalue weighted by Gasteiger charge is -2.35. The zero-order valence-electron chi connectivity index (χ0n) is 18.7. The molecule has 0 unspecified atom stereocenters. The van der Waals surface area contributed by atoms with Crippen molar-refractivity contribution in [3.8, 4) is 0 Å². The van der Waals surface area contributed by atoms with Crippen LogP contribution in [0.5, 0.6) is 0 Å². The fourth-order valence-electron chi connectivity index (χ4n) is 3.95. The Bertz CT molecular complexity index is 959. The molecule has 180 valence electrons. The van der Waals surface area contributed by atoms with Crippen LogP contribution in [0.4, 0.5) is 33.7 Å². The first-order chi connectivity index (χ1) is 15.2. The van der Waals surface area contributed by atoms with Crippen LogP contribution in [-0.2, 0) is 0 Å². The standard InChI is InChI=1S/C14H18F2N2O2.C9H10F2N2/c1-13(2,3)18(12(19)20)10-4-5-11(17-8-10)9-6-14(15,16)7-9;10-9(11)3-6(4-9)8-2-1-7(12)5-13-8/h4-5,8-9H,6-7H2,1-3H3,(H,19,20);1-2,5-6H,3-4,12H2. The van der Waals surface area contributed by atoms with Crippen LogP contribution in [0.2, 0.25) is 0 Å². The lowest BCUT2D eigenvalue weighted by molar-refractivity contribution is -0.0881. The van der Waals surface area contributed by atoms with E-state index in [0.29, 0.717) is 17.1 Å². The van der Waals surface area contributed by atoms with Crippen molar-refractivity contribution in [1.29, 1.82) is 0 Å². The van der Waals surface area contributed by atoms with Crippen molar-refractivity contribution in [2.24, 2.45) is 0 Å². The molecule has 0 aliphatic heterocycles. The van der Waals surface area contributed by atoms with E-state index in [2.05, 4.69) is 9.97 Å². The monoisotopic (exact) mass is 468 g/mol. The van der Waals surface area contributed by atoms with E-state index >= 15 is 0 Å². The Hall–Kier alpha value is -2.91. The molecule has 0 aromatic carbocycles. The number of nitrogens with two attached hydrogens (primary N) is 1. The zero-order valence-corrected chi connectivity index (χ0v) is 18.7. The molecule has 10 heteroatoms. The zero-order chi connectivity index (χ0) is 24.6. The number of nitrogens with zero attached hydrogens (tertiary/aromatic N) is 3. The Morgan fingerprint density at radius 1 is 0.939 bits per heavy atom. The summed E-state index contributed by atoms with van der Waals surface area (Å²) in [5.41, 5.74) is 7.16. The number of nitrogen functional groups attached to an aromatic ring is 1. The van der Waals surface area contributed by atoms with Gasteiger partial charge in [0.1, 0.15) is 0 Å². The summed E-state index contributed by atoms with van der Waals surface area (Å²) in [6.45, 7) is 5.34. The van der Waals surface area contributed by atoms with Crippen molar-refractivity contribution < 1.29 is 27.5 Å². The fraction of sp³-hybridized carbons (Fsp3) is 0.522. The molecule has 33 heavy (non-hydrogen) atoms. The van der Waals surface area contributed by atoms with E-state index in [1.807, 2.05) is 0 Å². The van der Waals surface area contributed by atoms with Crippen molar-refractivity contribution >= 4 is 17.5 Å². The molecule has 2 heterocycles. The van der Waals surface area contributed by atoms with Gasteiger partial charge in [0.2, 0.25) is 11.8 Å². The summed E-state index contributed by atoms with van der Waals surface area (Å²) in [5.74, 6) is -5.38. The second-order valence-electron chi connectivity index (χ2n) is 9.67. The third-order valence-corrected chi connectivity index (χ3v) is 5.72. The van der Waals surface area contributed by atoms with E-state index < -0.39 is 23.5 Å². The summed E-state index contributed by atoms with van der Waals surface area (Å²) in [4.78, 5) is 20.7. The van der Waals surface area contributed by atoms with Gasteiger partial charge in [-0.25, -0.2) is 22.4 Å². The Balaban J connectivity index is 0.000000203. The number of rotatable bonds is 3. The predicted octanol–water partition coefficient (Wildman–Crippen LogP) is 6.05. The van der Waals surface area contributed by atoms with Gasteiger partial charge in [-0.15, -0.1) is 0 Å². The third kappa shape index (κ3) is 6.11. The van der Waals surface area contributed by atoms with Crippen LogP contribution in [0.1, 0.15) is 69.7 Å². The Labute approximate surface area is 189 Å². The molecule has 2 aromatic heterocycles. The van der Waals surface area contributed by atoms with Crippen molar-refractivity contribution in [3.63, 3.8) is 0 Å². The highest BCUT2D eigenvalue weighted by Gasteiger charge is 2.47. The number of amides is 1. The Kier molecular flexibility index (Phi) is 6.59. The summed E-state index contributed by atoms with van der Waals surface area (Å²) in [6.07, 6.45) is 1.36. The minimum absolute atomic E-state index is 0.0794. The van der Waals surface area contributed by atoms with Crippen LogP contribution < -0.4 is 10.6 Å². The first-order valence-electron chi connectivity index (χ1n) is 10.6. The van der Waals surface area contributed by atoms with Crippen LogP contribution in [0.15, 0.2) is 36.7 Å². The molecule has 2 aromatic rings. The summed E-state index contributed by atoms with van der Waals surface area (Å²) < 4.78 is 50.7.